The van der Waals surface area contributed by atoms with E-state index in [0.29, 0.717) is 28.7 Å². The number of aromatic nitrogens is 4. The van der Waals surface area contributed by atoms with Crippen LogP contribution in [0.4, 0.5) is 5.69 Å². The predicted molar refractivity (Wildman–Crippen MR) is 105 cm³/mol. The van der Waals surface area contributed by atoms with Gasteiger partial charge in [-0.2, -0.15) is 5.26 Å². The second-order valence-corrected chi connectivity index (χ2v) is 6.83. The minimum Gasteiger partial charge on any atom is -0.497 e. The first-order valence-corrected chi connectivity index (χ1v) is 9.49. The summed E-state index contributed by atoms with van der Waals surface area (Å²) < 4.78 is 6.84. The maximum Gasteiger partial charge on any atom is 0.225 e. The monoisotopic (exact) mass is 394 g/mol. The summed E-state index contributed by atoms with van der Waals surface area (Å²) in [6, 6.07) is 16.6. The van der Waals surface area contributed by atoms with Crippen LogP contribution in [0.1, 0.15) is 17.5 Å². The first kappa shape index (κ1) is 19.4. The number of methoxy groups -OCH3 is 1. The van der Waals surface area contributed by atoms with E-state index in [9.17, 15) is 4.79 Å². The van der Waals surface area contributed by atoms with Crippen LogP contribution in [0.3, 0.4) is 0 Å². The Morgan fingerprint density at radius 2 is 2.04 bits per heavy atom. The average molecular weight is 394 g/mol. The van der Waals surface area contributed by atoms with E-state index in [4.69, 9.17) is 10.00 Å². The summed E-state index contributed by atoms with van der Waals surface area (Å²) >= 11 is 1.41. The molecule has 0 aliphatic carbocycles. The molecule has 0 saturated heterocycles. The molecule has 0 saturated carbocycles. The van der Waals surface area contributed by atoms with Gasteiger partial charge in [-0.3, -0.25) is 4.79 Å². The maximum absolute atomic E-state index is 12.1. The molecule has 1 heterocycles. The molecule has 1 aromatic heterocycles. The Morgan fingerprint density at radius 3 is 2.79 bits per heavy atom. The molecule has 0 atom stereocenters. The van der Waals surface area contributed by atoms with E-state index in [2.05, 4.69) is 26.9 Å². The van der Waals surface area contributed by atoms with E-state index in [1.54, 1.807) is 36.1 Å². The number of rotatable bonds is 8. The average Bonchev–Trinajstić information content (AvgIpc) is 3.16. The van der Waals surface area contributed by atoms with E-state index in [1.165, 1.54) is 11.8 Å². The van der Waals surface area contributed by atoms with Gasteiger partial charge in [0.15, 0.2) is 0 Å². The number of hydrogen-bond acceptors (Lipinski definition) is 7. The van der Waals surface area contributed by atoms with Crippen LogP contribution in [-0.2, 0) is 11.3 Å². The first-order valence-electron chi connectivity index (χ1n) is 8.50. The van der Waals surface area contributed by atoms with Crippen LogP contribution in [0.25, 0.3) is 0 Å². The molecule has 2 aromatic carbocycles. The van der Waals surface area contributed by atoms with E-state index in [0.717, 1.165) is 11.3 Å². The summed E-state index contributed by atoms with van der Waals surface area (Å²) in [4.78, 5) is 12.1. The smallest absolute Gasteiger partial charge is 0.225 e. The maximum atomic E-state index is 12.1. The second-order valence-electron chi connectivity index (χ2n) is 5.77. The zero-order valence-electron chi connectivity index (χ0n) is 15.2. The quantitative estimate of drug-likeness (QED) is 0.586. The molecule has 0 spiro atoms. The minimum atomic E-state index is -0.163. The topological polar surface area (TPSA) is 106 Å². The molecule has 3 rings (SSSR count). The summed E-state index contributed by atoms with van der Waals surface area (Å²) in [6.07, 6.45) is 0.278. The van der Waals surface area contributed by atoms with Crippen LogP contribution < -0.4 is 10.1 Å². The normalized spacial score (nSPS) is 10.3. The molecule has 0 unspecified atom stereocenters. The van der Waals surface area contributed by atoms with E-state index in [1.807, 2.05) is 24.3 Å². The number of anilines is 1. The molecule has 0 aliphatic heterocycles. The third kappa shape index (κ3) is 5.08. The van der Waals surface area contributed by atoms with Gasteiger partial charge in [-0.25, -0.2) is 4.68 Å². The highest BCUT2D eigenvalue weighted by atomic mass is 32.2. The number of amides is 1. The lowest BCUT2D eigenvalue weighted by atomic mass is 10.2. The van der Waals surface area contributed by atoms with Crippen molar-refractivity contribution in [2.45, 2.75) is 18.1 Å². The number of nitrogens with one attached hydrogen (secondary N) is 1. The molecule has 1 N–H and O–H groups in total. The number of thioether (sulfide) groups is 1. The fraction of sp³-hybridized carbons (Fsp3) is 0.211. The summed E-state index contributed by atoms with van der Waals surface area (Å²) in [5.41, 5.74) is 2.00. The van der Waals surface area contributed by atoms with E-state index >= 15 is 0 Å². The predicted octanol–water partition coefficient (Wildman–Crippen LogP) is 2.72. The zero-order chi connectivity index (χ0) is 19.8. The van der Waals surface area contributed by atoms with Crippen molar-refractivity contribution >= 4 is 23.4 Å². The van der Waals surface area contributed by atoms with Gasteiger partial charge in [0.2, 0.25) is 11.1 Å². The van der Waals surface area contributed by atoms with Crippen molar-refractivity contribution in [1.82, 2.24) is 20.2 Å². The van der Waals surface area contributed by atoms with Crippen LogP contribution in [0, 0.1) is 11.3 Å². The van der Waals surface area contributed by atoms with Gasteiger partial charge in [-0.1, -0.05) is 36.0 Å². The fourth-order valence-electron chi connectivity index (χ4n) is 2.44. The van der Waals surface area contributed by atoms with Crippen LogP contribution in [0.2, 0.25) is 0 Å². The van der Waals surface area contributed by atoms with Gasteiger partial charge in [-0.15, -0.1) is 5.10 Å². The van der Waals surface area contributed by atoms with Gasteiger partial charge < -0.3 is 10.1 Å². The van der Waals surface area contributed by atoms with Crippen molar-refractivity contribution < 1.29 is 9.53 Å². The van der Waals surface area contributed by atoms with Gasteiger partial charge in [0.25, 0.3) is 0 Å². The lowest BCUT2D eigenvalue weighted by Gasteiger charge is -2.07. The van der Waals surface area contributed by atoms with Gasteiger partial charge >= 0.3 is 0 Å². The highest BCUT2D eigenvalue weighted by Gasteiger charge is 2.10. The van der Waals surface area contributed by atoms with Crippen molar-refractivity contribution in [2.24, 2.45) is 0 Å². The number of carbonyl (C=O) groups excluding carboxylic acids is 1. The summed E-state index contributed by atoms with van der Waals surface area (Å²) in [5, 5.41) is 24.2. The molecule has 3 aromatic rings. The van der Waals surface area contributed by atoms with Crippen LogP contribution in [0.5, 0.6) is 5.75 Å². The number of tetrazole rings is 1. The van der Waals surface area contributed by atoms with Crippen LogP contribution in [0.15, 0.2) is 53.7 Å². The standard InChI is InChI=1S/C19H18N6O2S/c1-27-16-8-6-14(7-9-16)13-25-19(22-23-24-25)28-11-10-18(26)21-17-5-3-2-4-15(17)12-20/h2-9H,10-11,13H2,1H3,(H,21,26). The molecule has 1 amide bonds. The number of nitriles is 1. The third-order valence-electron chi connectivity index (χ3n) is 3.87. The summed E-state index contributed by atoms with van der Waals surface area (Å²) in [5.74, 6) is 1.15. The number of hydrogen-bond donors (Lipinski definition) is 1. The molecule has 142 valence electrons. The van der Waals surface area contributed by atoms with E-state index in [-0.39, 0.29) is 12.3 Å². The van der Waals surface area contributed by atoms with Crippen molar-refractivity contribution in [1.29, 1.82) is 5.26 Å². The van der Waals surface area contributed by atoms with Gasteiger partial charge in [0.1, 0.15) is 11.8 Å². The van der Waals surface area contributed by atoms with Gasteiger partial charge in [-0.05, 0) is 40.3 Å². The van der Waals surface area contributed by atoms with Crippen molar-refractivity contribution in [3.8, 4) is 11.8 Å². The van der Waals surface area contributed by atoms with Crippen LogP contribution >= 0.6 is 11.8 Å². The highest BCUT2D eigenvalue weighted by molar-refractivity contribution is 7.99. The Hall–Kier alpha value is -3.38. The third-order valence-corrected chi connectivity index (χ3v) is 4.83. The molecular formula is C19H18N6O2S. The number of ether oxygens (including phenoxy) is 1. The fourth-order valence-corrected chi connectivity index (χ4v) is 3.25. The number of benzene rings is 2. The minimum absolute atomic E-state index is 0.163. The number of nitrogens with zero attached hydrogens (tertiary/aromatic N) is 5. The van der Waals surface area contributed by atoms with Crippen molar-refractivity contribution in [3.63, 3.8) is 0 Å². The molecule has 28 heavy (non-hydrogen) atoms. The highest BCUT2D eigenvalue weighted by Crippen LogP contribution is 2.19. The number of carbonyl (C=O) groups is 1. The zero-order valence-corrected chi connectivity index (χ0v) is 16.0. The largest absolute Gasteiger partial charge is 0.497 e. The Balaban J connectivity index is 1.52. The first-order chi connectivity index (χ1) is 13.7. The van der Waals surface area contributed by atoms with Gasteiger partial charge in [0.05, 0.1) is 24.9 Å². The summed E-state index contributed by atoms with van der Waals surface area (Å²) in [7, 11) is 1.63. The second kappa shape index (κ2) is 9.53. The molecule has 0 fully saturated rings. The molecular weight excluding hydrogens is 376 g/mol. The van der Waals surface area contributed by atoms with Crippen molar-refractivity contribution in [2.75, 3.05) is 18.2 Å². The molecule has 0 radical (unpaired) electrons. The SMILES string of the molecule is COc1ccc(Cn2nnnc2SCCC(=O)Nc2ccccc2C#N)cc1. The Bertz CT molecular complexity index is 981. The van der Waals surface area contributed by atoms with Gasteiger partial charge in [0, 0.05) is 12.2 Å². The number of para-hydroxylation sites is 1. The lowest BCUT2D eigenvalue weighted by molar-refractivity contribution is -0.115. The van der Waals surface area contributed by atoms with Crippen molar-refractivity contribution in [3.05, 3.63) is 59.7 Å². The molecule has 0 bridgehead atoms. The van der Waals surface area contributed by atoms with Crippen LogP contribution in [-0.4, -0.2) is 39.0 Å². The lowest BCUT2D eigenvalue weighted by Crippen LogP contribution is -2.13. The Labute approximate surface area is 166 Å². The Morgan fingerprint density at radius 1 is 1.25 bits per heavy atom. The Kier molecular flexibility index (Phi) is 6.59. The molecule has 8 nitrogen and oxygen atoms in total. The molecule has 0 aliphatic rings. The summed E-state index contributed by atoms with van der Waals surface area (Å²) in [6.45, 7) is 0.529. The molecule has 9 heteroatoms. The van der Waals surface area contributed by atoms with E-state index < -0.39 is 0 Å².